The molecule has 5 aromatic rings. The summed E-state index contributed by atoms with van der Waals surface area (Å²) in [5.41, 5.74) is 5.05. The normalized spacial score (nSPS) is 11.6. The summed E-state index contributed by atoms with van der Waals surface area (Å²) in [6, 6.07) is 19.0. The Kier molecular flexibility index (Phi) is 2.92. The first kappa shape index (κ1) is 14.2. The molecule has 0 amide bonds. The number of pyridine rings is 2. The van der Waals surface area contributed by atoms with E-state index in [1.165, 1.54) is 16.3 Å². The molecule has 0 saturated heterocycles. The van der Waals surface area contributed by atoms with Crippen molar-refractivity contribution in [1.82, 2.24) is 4.98 Å². The zero-order valence-corrected chi connectivity index (χ0v) is 14.2. The van der Waals surface area contributed by atoms with E-state index in [-0.39, 0.29) is 0 Å². The molecular formula is C22H17N2O+. The van der Waals surface area contributed by atoms with E-state index in [2.05, 4.69) is 78.3 Å². The fourth-order valence-corrected chi connectivity index (χ4v) is 3.63. The zero-order chi connectivity index (χ0) is 17.0. The van der Waals surface area contributed by atoms with Gasteiger partial charge in [-0.2, -0.15) is 0 Å². The predicted octanol–water partition coefficient (Wildman–Crippen LogP) is 4.93. The molecule has 2 aromatic carbocycles. The van der Waals surface area contributed by atoms with Gasteiger partial charge in [0.15, 0.2) is 11.8 Å². The van der Waals surface area contributed by atoms with Crippen LogP contribution in [0.5, 0.6) is 0 Å². The van der Waals surface area contributed by atoms with Crippen LogP contribution in [-0.4, -0.2) is 4.98 Å². The van der Waals surface area contributed by atoms with Crippen LogP contribution in [0, 0.1) is 6.92 Å². The highest BCUT2D eigenvalue weighted by Crippen LogP contribution is 2.36. The Labute approximate surface area is 145 Å². The van der Waals surface area contributed by atoms with Crippen LogP contribution in [0.2, 0.25) is 0 Å². The SMILES string of the molecule is Cc1ccc2c(oc3ncccc32)c1-c1cc2ccccc2c[n+]1C. The molecule has 0 saturated carbocycles. The molecule has 0 spiro atoms. The smallest absolute Gasteiger partial charge is 0.227 e. The molecule has 0 aliphatic rings. The van der Waals surface area contributed by atoms with Gasteiger partial charge in [0.1, 0.15) is 7.05 Å². The molecule has 5 rings (SSSR count). The lowest BCUT2D eigenvalue weighted by Gasteiger charge is -2.07. The minimum absolute atomic E-state index is 0.688. The van der Waals surface area contributed by atoms with E-state index in [4.69, 9.17) is 4.42 Å². The van der Waals surface area contributed by atoms with E-state index in [0.717, 1.165) is 27.6 Å². The van der Waals surface area contributed by atoms with Gasteiger partial charge >= 0.3 is 0 Å². The van der Waals surface area contributed by atoms with E-state index < -0.39 is 0 Å². The van der Waals surface area contributed by atoms with Gasteiger partial charge < -0.3 is 4.42 Å². The van der Waals surface area contributed by atoms with Gasteiger partial charge in [-0.15, -0.1) is 0 Å². The van der Waals surface area contributed by atoms with Crippen molar-refractivity contribution in [3.05, 3.63) is 72.6 Å². The third-order valence-corrected chi connectivity index (χ3v) is 4.88. The summed E-state index contributed by atoms with van der Waals surface area (Å²) in [4.78, 5) is 4.38. The highest BCUT2D eigenvalue weighted by atomic mass is 16.3. The number of fused-ring (bicyclic) bond motifs is 4. The summed E-state index contributed by atoms with van der Waals surface area (Å²) >= 11 is 0. The Morgan fingerprint density at radius 1 is 0.920 bits per heavy atom. The molecule has 3 heteroatoms. The molecule has 3 nitrogen and oxygen atoms in total. The molecule has 0 aliphatic heterocycles. The lowest BCUT2D eigenvalue weighted by molar-refractivity contribution is -0.659. The molecule has 0 bridgehead atoms. The van der Waals surface area contributed by atoms with Crippen molar-refractivity contribution in [3.8, 4) is 11.3 Å². The summed E-state index contributed by atoms with van der Waals surface area (Å²) in [5, 5.41) is 4.62. The largest absolute Gasteiger partial charge is 0.437 e. The van der Waals surface area contributed by atoms with Crippen molar-refractivity contribution >= 4 is 32.8 Å². The Morgan fingerprint density at radius 3 is 2.64 bits per heavy atom. The number of aryl methyl sites for hydroxylation is 2. The number of benzene rings is 2. The quantitative estimate of drug-likeness (QED) is 0.409. The van der Waals surface area contributed by atoms with Crippen LogP contribution in [-0.2, 0) is 7.05 Å². The van der Waals surface area contributed by atoms with Crippen LogP contribution in [0.25, 0.3) is 44.1 Å². The number of hydrogen-bond acceptors (Lipinski definition) is 2. The number of hydrogen-bond donors (Lipinski definition) is 0. The fraction of sp³-hybridized carbons (Fsp3) is 0.0909. The second-order valence-electron chi connectivity index (χ2n) is 6.49. The molecular weight excluding hydrogens is 308 g/mol. The molecule has 3 aromatic heterocycles. The predicted molar refractivity (Wildman–Crippen MR) is 100 cm³/mol. The van der Waals surface area contributed by atoms with E-state index in [9.17, 15) is 0 Å². The Morgan fingerprint density at radius 2 is 1.76 bits per heavy atom. The molecule has 3 heterocycles. The Bertz CT molecular complexity index is 1270. The highest BCUT2D eigenvalue weighted by molar-refractivity contribution is 6.09. The summed E-state index contributed by atoms with van der Waals surface area (Å²) in [5.74, 6) is 0. The van der Waals surface area contributed by atoms with E-state index in [1.807, 2.05) is 6.07 Å². The first-order valence-corrected chi connectivity index (χ1v) is 8.38. The lowest BCUT2D eigenvalue weighted by Crippen LogP contribution is -2.30. The minimum Gasteiger partial charge on any atom is -0.437 e. The van der Waals surface area contributed by atoms with Gasteiger partial charge in [-0.3, -0.25) is 0 Å². The van der Waals surface area contributed by atoms with E-state index in [0.29, 0.717) is 5.71 Å². The van der Waals surface area contributed by atoms with Crippen molar-refractivity contribution in [3.63, 3.8) is 0 Å². The van der Waals surface area contributed by atoms with Gasteiger partial charge in [0.05, 0.1) is 5.56 Å². The molecule has 0 aliphatic carbocycles. The first-order chi connectivity index (χ1) is 12.2. The third kappa shape index (κ3) is 2.06. The van der Waals surface area contributed by atoms with Gasteiger partial charge in [0.2, 0.25) is 11.4 Å². The van der Waals surface area contributed by atoms with Gasteiger partial charge in [-0.1, -0.05) is 30.3 Å². The zero-order valence-electron chi connectivity index (χ0n) is 14.2. The molecule has 25 heavy (non-hydrogen) atoms. The maximum Gasteiger partial charge on any atom is 0.227 e. The Hall–Kier alpha value is -3.20. The summed E-state index contributed by atoms with van der Waals surface area (Å²) in [6.07, 6.45) is 3.94. The van der Waals surface area contributed by atoms with Crippen LogP contribution >= 0.6 is 0 Å². The van der Waals surface area contributed by atoms with Crippen molar-refractivity contribution in [2.75, 3.05) is 0 Å². The van der Waals surface area contributed by atoms with Gasteiger partial charge in [-0.25, -0.2) is 9.55 Å². The second kappa shape index (κ2) is 5.15. The highest BCUT2D eigenvalue weighted by Gasteiger charge is 2.21. The van der Waals surface area contributed by atoms with E-state index >= 15 is 0 Å². The maximum atomic E-state index is 6.16. The number of furan rings is 1. The van der Waals surface area contributed by atoms with Gasteiger partial charge in [0, 0.05) is 28.4 Å². The minimum atomic E-state index is 0.688. The molecule has 120 valence electrons. The molecule has 0 unspecified atom stereocenters. The van der Waals surface area contributed by atoms with Crippen molar-refractivity contribution in [2.24, 2.45) is 7.05 Å². The lowest BCUT2D eigenvalue weighted by atomic mass is 9.99. The standard InChI is InChI=1S/C22H17N2O/c1-14-9-10-17-18-8-5-11-23-22(18)25-21(17)20(14)19-12-15-6-3-4-7-16(15)13-24(19)2/h3-13H,1-2H3/q+1. The van der Waals surface area contributed by atoms with Crippen LogP contribution < -0.4 is 4.57 Å². The molecule has 0 radical (unpaired) electrons. The van der Waals surface area contributed by atoms with Crippen LogP contribution in [0.3, 0.4) is 0 Å². The number of rotatable bonds is 1. The summed E-state index contributed by atoms with van der Waals surface area (Å²) in [6.45, 7) is 2.13. The Balaban J connectivity index is 1.92. The summed E-state index contributed by atoms with van der Waals surface area (Å²) < 4.78 is 8.33. The monoisotopic (exact) mass is 325 g/mol. The van der Waals surface area contributed by atoms with Crippen molar-refractivity contribution in [1.29, 1.82) is 0 Å². The average Bonchev–Trinajstić information content (AvgIpc) is 3.00. The van der Waals surface area contributed by atoms with E-state index in [1.54, 1.807) is 6.20 Å². The second-order valence-corrected chi connectivity index (χ2v) is 6.49. The molecule has 0 atom stereocenters. The van der Waals surface area contributed by atoms with Crippen LogP contribution in [0.15, 0.2) is 71.4 Å². The van der Waals surface area contributed by atoms with Crippen molar-refractivity contribution < 1.29 is 8.98 Å². The fourth-order valence-electron chi connectivity index (χ4n) is 3.63. The van der Waals surface area contributed by atoms with Crippen molar-refractivity contribution in [2.45, 2.75) is 6.92 Å². The van der Waals surface area contributed by atoms with Gasteiger partial charge in [-0.05, 0) is 36.1 Å². The topological polar surface area (TPSA) is 29.9 Å². The summed E-state index contributed by atoms with van der Waals surface area (Å²) in [7, 11) is 2.08. The maximum absolute atomic E-state index is 6.16. The van der Waals surface area contributed by atoms with Crippen LogP contribution in [0.4, 0.5) is 0 Å². The van der Waals surface area contributed by atoms with Gasteiger partial charge in [0.25, 0.3) is 0 Å². The number of nitrogens with zero attached hydrogens (tertiary/aromatic N) is 2. The average molecular weight is 325 g/mol. The third-order valence-electron chi connectivity index (χ3n) is 4.88. The first-order valence-electron chi connectivity index (χ1n) is 8.38. The number of aromatic nitrogens is 2. The van der Waals surface area contributed by atoms with Crippen LogP contribution in [0.1, 0.15) is 5.56 Å². The molecule has 0 N–H and O–H groups in total. The molecule has 0 fully saturated rings.